The molecule has 37 heavy (non-hydrogen) atoms. The van der Waals surface area contributed by atoms with Gasteiger partial charge in [-0.3, -0.25) is 24.0 Å². The van der Waals surface area contributed by atoms with E-state index >= 15 is 0 Å². The standard InChI is InChI=1S/C26H48N4O7/c1-13(2)10-18(19(31)12-21(33)27-17(9)26(36)37)28-24(34)23(16(7)8)30-25(35)22(15(5)6)29-20(32)11-14(3)4/h13-19,22-23,31H,10-12H2,1-9H3,(H,27,33)(H,28,34)(H,29,32)(H,30,35)(H,36,37)/t17-,18-,19-,22-,23-/m0/s1. The van der Waals surface area contributed by atoms with Crippen molar-refractivity contribution in [1.29, 1.82) is 0 Å². The van der Waals surface area contributed by atoms with Gasteiger partial charge in [0.25, 0.3) is 0 Å². The van der Waals surface area contributed by atoms with Crippen LogP contribution in [0.1, 0.15) is 81.6 Å². The highest BCUT2D eigenvalue weighted by molar-refractivity contribution is 5.92. The first-order valence-corrected chi connectivity index (χ1v) is 13.1. The number of hydrogen-bond acceptors (Lipinski definition) is 6. The minimum atomic E-state index is -1.27. The van der Waals surface area contributed by atoms with Gasteiger partial charge in [-0.1, -0.05) is 55.4 Å². The molecule has 11 heteroatoms. The number of carbonyl (C=O) groups excluding carboxylic acids is 4. The fourth-order valence-electron chi connectivity index (χ4n) is 3.70. The van der Waals surface area contributed by atoms with Crippen LogP contribution in [0.2, 0.25) is 0 Å². The molecule has 0 aromatic carbocycles. The summed E-state index contributed by atoms with van der Waals surface area (Å²) in [6.45, 7) is 16.0. The van der Waals surface area contributed by atoms with Gasteiger partial charge in [0.1, 0.15) is 18.1 Å². The Labute approximate surface area is 220 Å². The molecule has 4 amide bonds. The van der Waals surface area contributed by atoms with Crippen molar-refractivity contribution in [2.24, 2.45) is 23.7 Å². The zero-order valence-electron chi connectivity index (χ0n) is 23.8. The van der Waals surface area contributed by atoms with Crippen molar-refractivity contribution in [3.8, 4) is 0 Å². The van der Waals surface area contributed by atoms with Gasteiger partial charge < -0.3 is 31.5 Å². The normalized spacial score (nSPS) is 15.6. The van der Waals surface area contributed by atoms with Gasteiger partial charge in [0.05, 0.1) is 18.6 Å². The maximum atomic E-state index is 13.2. The summed E-state index contributed by atoms with van der Waals surface area (Å²) in [5.74, 6) is -3.44. The molecule has 214 valence electrons. The van der Waals surface area contributed by atoms with E-state index in [4.69, 9.17) is 5.11 Å². The van der Waals surface area contributed by atoms with Crippen LogP contribution in [0.15, 0.2) is 0 Å². The predicted octanol–water partition coefficient (Wildman–Crippen LogP) is 1.19. The van der Waals surface area contributed by atoms with Crippen molar-refractivity contribution >= 4 is 29.6 Å². The van der Waals surface area contributed by atoms with Crippen LogP contribution < -0.4 is 21.3 Å². The average molecular weight is 529 g/mol. The first-order chi connectivity index (χ1) is 17.0. The number of aliphatic hydroxyl groups excluding tert-OH is 1. The SMILES string of the molecule is CC(C)CC(=O)N[C@H](C(=O)N[C@H](C(=O)N[C@@H](CC(C)C)[C@@H](O)CC(=O)N[C@@H](C)C(=O)O)C(C)C)C(C)C. The smallest absolute Gasteiger partial charge is 0.325 e. The summed E-state index contributed by atoms with van der Waals surface area (Å²) in [6, 6.07) is -3.69. The minimum Gasteiger partial charge on any atom is -0.480 e. The quantitative estimate of drug-likeness (QED) is 0.174. The van der Waals surface area contributed by atoms with E-state index in [1.807, 2.05) is 27.7 Å². The molecule has 0 unspecified atom stereocenters. The molecule has 0 fully saturated rings. The van der Waals surface area contributed by atoms with E-state index in [9.17, 15) is 29.1 Å². The van der Waals surface area contributed by atoms with Crippen LogP contribution >= 0.6 is 0 Å². The number of carbonyl (C=O) groups is 5. The second kappa shape index (κ2) is 16.2. The molecule has 0 bridgehead atoms. The van der Waals surface area contributed by atoms with E-state index in [0.29, 0.717) is 6.42 Å². The fourth-order valence-corrected chi connectivity index (χ4v) is 3.70. The molecule has 0 saturated heterocycles. The fraction of sp³-hybridized carbons (Fsp3) is 0.808. The summed E-state index contributed by atoms with van der Waals surface area (Å²) in [5, 5.41) is 30.2. The molecule has 0 saturated carbocycles. The molecule has 0 spiro atoms. The first-order valence-electron chi connectivity index (χ1n) is 13.1. The van der Waals surface area contributed by atoms with Crippen LogP contribution in [0.25, 0.3) is 0 Å². The number of aliphatic hydroxyl groups is 1. The van der Waals surface area contributed by atoms with Crippen molar-refractivity contribution < 1.29 is 34.2 Å². The third-order valence-corrected chi connectivity index (χ3v) is 5.77. The highest BCUT2D eigenvalue weighted by atomic mass is 16.4. The summed E-state index contributed by atoms with van der Waals surface area (Å²) in [6.07, 6.45) is -1.04. The maximum Gasteiger partial charge on any atom is 0.325 e. The average Bonchev–Trinajstić information content (AvgIpc) is 2.73. The van der Waals surface area contributed by atoms with Crippen LogP contribution in [-0.4, -0.2) is 70.1 Å². The second-order valence-corrected chi connectivity index (χ2v) is 11.3. The lowest BCUT2D eigenvalue weighted by molar-refractivity contribution is -0.141. The van der Waals surface area contributed by atoms with E-state index in [-0.39, 0.29) is 36.0 Å². The Morgan fingerprint density at radius 1 is 0.622 bits per heavy atom. The number of hydrogen-bond donors (Lipinski definition) is 6. The summed E-state index contributed by atoms with van der Waals surface area (Å²) >= 11 is 0. The molecule has 11 nitrogen and oxygen atoms in total. The molecule has 0 radical (unpaired) electrons. The minimum absolute atomic E-state index is 0.0644. The van der Waals surface area contributed by atoms with Gasteiger partial charge in [-0.15, -0.1) is 0 Å². The number of nitrogens with one attached hydrogen (secondary N) is 4. The lowest BCUT2D eigenvalue weighted by Crippen LogP contribution is -2.59. The van der Waals surface area contributed by atoms with E-state index in [1.54, 1.807) is 27.7 Å². The highest BCUT2D eigenvalue weighted by Crippen LogP contribution is 2.14. The topological polar surface area (TPSA) is 174 Å². The van der Waals surface area contributed by atoms with Crippen LogP contribution in [0.4, 0.5) is 0 Å². The maximum absolute atomic E-state index is 13.2. The van der Waals surface area contributed by atoms with Gasteiger partial charge in [0, 0.05) is 6.42 Å². The lowest BCUT2D eigenvalue weighted by Gasteiger charge is -2.31. The van der Waals surface area contributed by atoms with E-state index in [0.717, 1.165) is 0 Å². The van der Waals surface area contributed by atoms with Gasteiger partial charge in [-0.05, 0) is 37.0 Å². The van der Waals surface area contributed by atoms with Crippen LogP contribution in [0, 0.1) is 23.7 Å². The largest absolute Gasteiger partial charge is 0.480 e. The summed E-state index contributed by atoms with van der Waals surface area (Å²) in [5.41, 5.74) is 0. The lowest BCUT2D eigenvalue weighted by atomic mass is 9.95. The van der Waals surface area contributed by atoms with Gasteiger partial charge in [-0.25, -0.2) is 0 Å². The number of amides is 4. The molecule has 0 rings (SSSR count). The molecule has 0 aliphatic rings. The van der Waals surface area contributed by atoms with E-state index < -0.39 is 60.4 Å². The molecule has 0 aromatic rings. The molecular formula is C26H48N4O7. The zero-order chi connectivity index (χ0) is 29.0. The molecule has 0 heterocycles. The molecule has 6 N–H and O–H groups in total. The first kappa shape index (κ1) is 34.3. The molecule has 0 aromatic heterocycles. The van der Waals surface area contributed by atoms with E-state index in [2.05, 4.69) is 21.3 Å². The van der Waals surface area contributed by atoms with Crippen molar-refractivity contribution in [3.05, 3.63) is 0 Å². The summed E-state index contributed by atoms with van der Waals surface area (Å²) < 4.78 is 0. The Morgan fingerprint density at radius 3 is 1.51 bits per heavy atom. The Balaban J connectivity index is 5.52. The van der Waals surface area contributed by atoms with Crippen LogP contribution in [0.5, 0.6) is 0 Å². The summed E-state index contributed by atoms with van der Waals surface area (Å²) in [4.78, 5) is 61.7. The number of carboxylic acid groups (broad SMARTS) is 1. The van der Waals surface area contributed by atoms with E-state index in [1.165, 1.54) is 6.92 Å². The van der Waals surface area contributed by atoms with Gasteiger partial charge in [-0.2, -0.15) is 0 Å². The van der Waals surface area contributed by atoms with Gasteiger partial charge in [0.2, 0.25) is 23.6 Å². The Bertz CT molecular complexity index is 783. The number of aliphatic carboxylic acids is 1. The molecule has 0 aliphatic carbocycles. The van der Waals surface area contributed by atoms with Crippen LogP contribution in [0.3, 0.4) is 0 Å². The Kier molecular flexibility index (Phi) is 15.0. The predicted molar refractivity (Wildman–Crippen MR) is 140 cm³/mol. The van der Waals surface area contributed by atoms with Crippen molar-refractivity contribution in [2.75, 3.05) is 0 Å². The zero-order valence-corrected chi connectivity index (χ0v) is 23.8. The molecular weight excluding hydrogens is 480 g/mol. The van der Waals surface area contributed by atoms with Crippen molar-refractivity contribution in [3.63, 3.8) is 0 Å². The highest BCUT2D eigenvalue weighted by Gasteiger charge is 2.33. The monoisotopic (exact) mass is 528 g/mol. The molecule has 0 aliphatic heterocycles. The van der Waals surface area contributed by atoms with Crippen LogP contribution in [-0.2, 0) is 24.0 Å². The Morgan fingerprint density at radius 2 is 1.08 bits per heavy atom. The third-order valence-electron chi connectivity index (χ3n) is 5.77. The van der Waals surface area contributed by atoms with Crippen molar-refractivity contribution in [1.82, 2.24) is 21.3 Å². The summed E-state index contributed by atoms with van der Waals surface area (Å²) in [7, 11) is 0. The van der Waals surface area contributed by atoms with Crippen molar-refractivity contribution in [2.45, 2.75) is 112 Å². The molecule has 5 atom stereocenters. The van der Waals surface area contributed by atoms with Gasteiger partial charge in [0.15, 0.2) is 0 Å². The second-order valence-electron chi connectivity index (χ2n) is 11.3. The Hall–Kier alpha value is -2.69. The third kappa shape index (κ3) is 13.4. The van der Waals surface area contributed by atoms with Gasteiger partial charge >= 0.3 is 5.97 Å². The number of rotatable bonds is 16. The number of carboxylic acids is 1.